The van der Waals surface area contributed by atoms with Gasteiger partial charge in [-0.3, -0.25) is 14.4 Å². The van der Waals surface area contributed by atoms with Gasteiger partial charge in [0.1, 0.15) is 16.5 Å². The number of aromatic amines is 1. The summed E-state index contributed by atoms with van der Waals surface area (Å²) >= 11 is 0. The Hall–Kier alpha value is -2.90. The maximum Gasteiger partial charge on any atom is 0.312 e. The lowest BCUT2D eigenvalue weighted by Crippen LogP contribution is -2.50. The Morgan fingerprint density at radius 1 is 1.02 bits per heavy atom. The zero-order valence-corrected chi connectivity index (χ0v) is 31.7. The normalized spacial score (nSPS) is 19.7. The van der Waals surface area contributed by atoms with Gasteiger partial charge in [-0.05, 0) is 118 Å². The third kappa shape index (κ3) is 10.8. The second kappa shape index (κ2) is 16.0. The van der Waals surface area contributed by atoms with E-state index in [2.05, 4.69) is 24.7 Å². The van der Waals surface area contributed by atoms with Gasteiger partial charge in [-0.1, -0.05) is 0 Å². The van der Waals surface area contributed by atoms with E-state index in [9.17, 15) is 23.7 Å². The molecule has 0 saturated heterocycles. The van der Waals surface area contributed by atoms with Gasteiger partial charge in [-0.2, -0.15) is 4.40 Å². The van der Waals surface area contributed by atoms with Crippen LogP contribution in [0.15, 0.2) is 16.8 Å². The van der Waals surface area contributed by atoms with Crippen molar-refractivity contribution < 1.29 is 28.4 Å². The molecule has 4 fully saturated rings. The highest BCUT2D eigenvalue weighted by Crippen LogP contribution is 2.42. The van der Waals surface area contributed by atoms with E-state index in [0.717, 1.165) is 44.2 Å². The number of carboxylic acids is 1. The van der Waals surface area contributed by atoms with Crippen molar-refractivity contribution in [1.29, 1.82) is 0 Å². The molecule has 0 aromatic carbocycles. The number of amides is 1. The summed E-state index contributed by atoms with van der Waals surface area (Å²) in [6.45, 7) is 12.8. The summed E-state index contributed by atoms with van der Waals surface area (Å²) in [5.41, 5.74) is 6.87. The first-order valence-electron chi connectivity index (χ1n) is 17.1. The largest absolute Gasteiger partial charge is 0.481 e. The lowest BCUT2D eigenvalue weighted by Gasteiger charge is -2.31. The molecular weight excluding hydrogens is 668 g/mol. The predicted molar refractivity (Wildman–Crippen MR) is 194 cm³/mol. The van der Waals surface area contributed by atoms with Crippen LogP contribution in [0.4, 0.5) is 0 Å². The third-order valence-corrected chi connectivity index (χ3v) is 10.9. The fourth-order valence-electron chi connectivity index (χ4n) is 5.31. The molecule has 6 rings (SSSR count). The summed E-state index contributed by atoms with van der Waals surface area (Å²) in [4.78, 5) is 47.7. The number of nitrogens with two attached hydrogens (primary N) is 1. The summed E-state index contributed by atoms with van der Waals surface area (Å²) in [5.74, 6) is 0.419. The Labute approximate surface area is 298 Å². The maximum absolute atomic E-state index is 12.8. The number of aromatic nitrogens is 3. The Bertz CT molecular complexity index is 1540. The number of ether oxygens (including phenoxy) is 1. The van der Waals surface area contributed by atoms with E-state index in [1.165, 1.54) is 20.0 Å². The molecule has 4 aliphatic rings. The number of nitrogens with one attached hydrogen (secondary N) is 2. The van der Waals surface area contributed by atoms with Gasteiger partial charge in [0.15, 0.2) is 5.65 Å². The number of H-pyrrole nitrogens is 1. The lowest BCUT2D eigenvalue weighted by molar-refractivity contribution is -0.152. The van der Waals surface area contributed by atoms with Crippen molar-refractivity contribution in [2.75, 3.05) is 7.11 Å². The van der Waals surface area contributed by atoms with Crippen LogP contribution in [0.1, 0.15) is 122 Å². The molecule has 12 nitrogen and oxygen atoms in total. The molecule has 49 heavy (non-hydrogen) atoms. The van der Waals surface area contributed by atoms with Crippen LogP contribution in [-0.4, -0.2) is 72.3 Å². The van der Waals surface area contributed by atoms with Crippen LogP contribution in [0.2, 0.25) is 0 Å². The Morgan fingerprint density at radius 2 is 1.61 bits per heavy atom. The number of methoxy groups -OCH3 is 1. The van der Waals surface area contributed by atoms with Gasteiger partial charge in [0, 0.05) is 30.4 Å². The molecule has 5 N–H and O–H groups in total. The molecule has 4 aliphatic carbocycles. The highest BCUT2D eigenvalue weighted by Gasteiger charge is 2.47. The molecule has 274 valence electrons. The van der Waals surface area contributed by atoms with Gasteiger partial charge in [-0.15, -0.1) is 12.4 Å². The molecule has 2 aromatic rings. The fraction of sp³-hybridized carbons (Fsp3) is 0.714. The minimum absolute atomic E-state index is 0. The Kier molecular flexibility index (Phi) is 13.2. The minimum Gasteiger partial charge on any atom is -0.481 e. The molecular formula is C35H55ClN6O6S. The monoisotopic (exact) mass is 722 g/mol. The van der Waals surface area contributed by atoms with Crippen LogP contribution in [0.3, 0.4) is 0 Å². The van der Waals surface area contributed by atoms with Crippen molar-refractivity contribution in [2.45, 2.75) is 123 Å². The molecule has 0 spiro atoms. The number of nitrogens with zero attached hydrogens (tertiary/aromatic N) is 3. The quantitative estimate of drug-likeness (QED) is 0.166. The van der Waals surface area contributed by atoms with E-state index in [4.69, 9.17) is 10.5 Å². The van der Waals surface area contributed by atoms with Gasteiger partial charge in [0.25, 0.3) is 5.91 Å². The van der Waals surface area contributed by atoms with Crippen LogP contribution < -0.4 is 11.1 Å². The molecule has 2 heterocycles. The first-order chi connectivity index (χ1) is 22.4. The molecule has 0 aliphatic heterocycles. The van der Waals surface area contributed by atoms with Crippen LogP contribution in [0.25, 0.3) is 11.2 Å². The van der Waals surface area contributed by atoms with E-state index < -0.39 is 33.8 Å². The Morgan fingerprint density at radius 3 is 2.08 bits per heavy atom. The molecule has 1 amide bonds. The first kappa shape index (κ1) is 40.5. The summed E-state index contributed by atoms with van der Waals surface area (Å²) < 4.78 is 19.8. The smallest absolute Gasteiger partial charge is 0.312 e. The van der Waals surface area contributed by atoms with E-state index in [0.29, 0.717) is 34.5 Å². The van der Waals surface area contributed by atoms with Crippen LogP contribution in [0, 0.1) is 28.6 Å². The zero-order chi connectivity index (χ0) is 35.6. The number of hydrogen-bond donors (Lipinski definition) is 4. The number of aliphatic carboxylic acids is 1. The number of hydrogen-bond acceptors (Lipinski definition) is 8. The van der Waals surface area contributed by atoms with E-state index in [1.54, 1.807) is 26.2 Å². The third-order valence-electron chi connectivity index (χ3n) is 9.54. The molecule has 3 atom stereocenters. The topological polar surface area (TPSA) is 190 Å². The molecule has 0 bridgehead atoms. The van der Waals surface area contributed by atoms with Gasteiger partial charge in [0.05, 0.1) is 40.1 Å². The summed E-state index contributed by atoms with van der Waals surface area (Å²) in [5, 5.41) is 12.5. The number of esters is 1. The highest BCUT2D eigenvalue weighted by molar-refractivity contribution is 7.85. The van der Waals surface area contributed by atoms with Crippen molar-refractivity contribution >= 4 is 58.6 Å². The molecule has 0 radical (unpaired) electrons. The first-order valence-corrected chi connectivity index (χ1v) is 18.2. The Balaban J connectivity index is 0.000000227. The lowest BCUT2D eigenvalue weighted by atomic mass is 9.81. The van der Waals surface area contributed by atoms with Crippen LogP contribution >= 0.6 is 12.4 Å². The second-order valence-electron chi connectivity index (χ2n) is 15.8. The zero-order valence-electron chi connectivity index (χ0n) is 30.1. The average Bonchev–Trinajstić information content (AvgIpc) is 3.85. The van der Waals surface area contributed by atoms with Crippen molar-refractivity contribution in [1.82, 2.24) is 20.3 Å². The summed E-state index contributed by atoms with van der Waals surface area (Å²) in [7, 11) is 0.358. The maximum atomic E-state index is 12.8. The van der Waals surface area contributed by atoms with Gasteiger partial charge < -0.3 is 25.9 Å². The van der Waals surface area contributed by atoms with Gasteiger partial charge in [-0.25, -0.2) is 14.2 Å². The molecule has 3 unspecified atom stereocenters. The van der Waals surface area contributed by atoms with E-state index in [-0.39, 0.29) is 41.0 Å². The number of fused-ring (bicyclic) bond motifs is 1. The summed E-state index contributed by atoms with van der Waals surface area (Å²) in [6, 6.07) is -0.452. The van der Waals surface area contributed by atoms with E-state index >= 15 is 0 Å². The highest BCUT2D eigenvalue weighted by atomic mass is 35.5. The van der Waals surface area contributed by atoms with Crippen LogP contribution in [0.5, 0.6) is 0 Å². The number of rotatable bonds is 11. The van der Waals surface area contributed by atoms with Crippen molar-refractivity contribution in [2.24, 2.45) is 38.7 Å². The number of carbonyl (C=O) groups excluding carboxylic acids is 2. The average molecular weight is 723 g/mol. The SMILES string of the molecule is CC(C)(C(=O)O)C(NC(=O)c1c[nH]c2ncc(C3CC3)nc12)C1CC1.CC(C)(C)S(=O)N=CC1CC1.COC(=O)C(C)(C)C(N)C1CC1.Cl. The van der Waals surface area contributed by atoms with Crippen molar-refractivity contribution in [3.63, 3.8) is 0 Å². The van der Waals surface area contributed by atoms with Gasteiger partial charge in [0.2, 0.25) is 0 Å². The molecule has 4 saturated carbocycles. The predicted octanol–water partition coefficient (Wildman–Crippen LogP) is 5.73. The number of carbonyl (C=O) groups is 3. The molecule has 2 aromatic heterocycles. The molecule has 14 heteroatoms. The standard InChI is InChI=1S/C18H22N4O3.C9H17NO2.C8H15NOS.ClH/c1-18(2,17(24)25)14(10-5-6-10)22-16(23)11-7-19-15-13(11)21-12(8-20-15)9-3-4-9;1-9(2,8(11)12-3)7(10)6-4-5-6;1-8(2,3)11(10)9-6-7-4-5-7;/h7-10,14H,3-6H2,1-2H3,(H,19,20)(H,22,23)(H,24,25);6-7H,4-5,10H2,1-3H3;6-7H,4-5H2,1-3H3;1H. The fourth-order valence-corrected chi connectivity index (χ4v) is 5.91. The number of carboxylic acid groups (broad SMARTS) is 1. The minimum atomic E-state index is -1.05. The van der Waals surface area contributed by atoms with E-state index in [1.807, 2.05) is 40.8 Å². The second-order valence-corrected chi connectivity index (χ2v) is 17.7. The number of halogens is 1. The van der Waals surface area contributed by atoms with Gasteiger partial charge >= 0.3 is 11.9 Å². The van der Waals surface area contributed by atoms with Crippen molar-refractivity contribution in [3.8, 4) is 0 Å². The van der Waals surface area contributed by atoms with Crippen molar-refractivity contribution in [3.05, 3.63) is 23.7 Å². The summed E-state index contributed by atoms with van der Waals surface area (Å²) in [6.07, 6.45) is 14.1. The van der Waals surface area contributed by atoms with Crippen LogP contribution in [-0.2, 0) is 25.3 Å².